The van der Waals surface area contributed by atoms with Gasteiger partial charge in [0.1, 0.15) is 11.0 Å². The molecule has 126 valence electrons. The van der Waals surface area contributed by atoms with Crippen molar-refractivity contribution in [2.45, 2.75) is 18.9 Å². The Hall–Kier alpha value is -2.41. The number of hydrogen-bond acceptors (Lipinski definition) is 4. The summed E-state index contributed by atoms with van der Waals surface area (Å²) in [5, 5.41) is 3.55. The highest BCUT2D eigenvalue weighted by Crippen LogP contribution is 2.26. The second-order valence-electron chi connectivity index (χ2n) is 5.96. The molecular weight excluding hydrogens is 324 g/mol. The molecule has 1 aromatic carbocycles. The average molecular weight is 344 g/mol. The number of hydrogen-bond donors (Lipinski definition) is 1. The van der Waals surface area contributed by atoms with E-state index >= 15 is 0 Å². The molecule has 6 nitrogen and oxygen atoms in total. The van der Waals surface area contributed by atoms with Crippen molar-refractivity contribution in [3.63, 3.8) is 0 Å². The van der Waals surface area contributed by atoms with Crippen molar-refractivity contribution in [1.29, 1.82) is 0 Å². The van der Waals surface area contributed by atoms with Crippen LogP contribution in [-0.4, -0.2) is 52.8 Å². The zero-order valence-electron chi connectivity index (χ0n) is 13.7. The Bertz CT molecular complexity index is 729. The normalized spacial score (nSPS) is 16.9. The summed E-state index contributed by atoms with van der Waals surface area (Å²) >= 11 is 1.24. The fraction of sp³-hybridized carbons (Fsp3) is 0.353. The van der Waals surface area contributed by atoms with Crippen LogP contribution in [0.25, 0.3) is 11.3 Å². The van der Waals surface area contributed by atoms with Crippen molar-refractivity contribution < 1.29 is 9.59 Å². The minimum atomic E-state index is -0.374. The molecular formula is C17H20N4O2S. The highest BCUT2D eigenvalue weighted by Gasteiger charge is 2.35. The lowest BCUT2D eigenvalue weighted by Gasteiger charge is -2.26. The van der Waals surface area contributed by atoms with Gasteiger partial charge in [0.05, 0.1) is 5.69 Å². The Balaban J connectivity index is 1.69. The number of carbonyl (C=O) groups is 2. The molecule has 0 unspecified atom stereocenters. The largest absolute Gasteiger partial charge is 0.347 e. The van der Waals surface area contributed by atoms with Gasteiger partial charge in [0, 0.05) is 32.3 Å². The quantitative estimate of drug-likeness (QED) is 0.931. The van der Waals surface area contributed by atoms with Crippen LogP contribution in [0.1, 0.15) is 12.8 Å². The monoisotopic (exact) mass is 344 g/mol. The third kappa shape index (κ3) is 3.41. The van der Waals surface area contributed by atoms with E-state index in [-0.39, 0.29) is 18.0 Å². The molecule has 24 heavy (non-hydrogen) atoms. The van der Waals surface area contributed by atoms with Crippen LogP contribution < -0.4 is 5.32 Å². The number of amides is 3. The molecule has 2 heterocycles. The Kier molecular flexibility index (Phi) is 4.80. The van der Waals surface area contributed by atoms with Crippen molar-refractivity contribution in [2.75, 3.05) is 26.0 Å². The van der Waals surface area contributed by atoms with E-state index in [2.05, 4.69) is 9.69 Å². The van der Waals surface area contributed by atoms with Gasteiger partial charge in [0.25, 0.3) is 0 Å². The van der Waals surface area contributed by atoms with Crippen LogP contribution in [0.3, 0.4) is 0 Å². The Morgan fingerprint density at radius 2 is 2.04 bits per heavy atom. The second kappa shape index (κ2) is 7.00. The Labute approximate surface area is 145 Å². The number of nitrogens with zero attached hydrogens (tertiary/aromatic N) is 3. The molecule has 2 aromatic rings. The highest BCUT2D eigenvalue weighted by molar-refractivity contribution is 7.10. The average Bonchev–Trinajstić information content (AvgIpc) is 3.24. The molecule has 0 bridgehead atoms. The third-order valence-corrected chi connectivity index (χ3v) is 4.75. The van der Waals surface area contributed by atoms with Gasteiger partial charge in [-0.15, -0.1) is 0 Å². The topological polar surface area (TPSA) is 65.5 Å². The zero-order chi connectivity index (χ0) is 17.1. The summed E-state index contributed by atoms with van der Waals surface area (Å²) in [4.78, 5) is 27.9. The number of anilines is 1. The fourth-order valence-electron chi connectivity index (χ4n) is 2.82. The van der Waals surface area contributed by atoms with Crippen molar-refractivity contribution in [1.82, 2.24) is 14.2 Å². The fourth-order valence-corrected chi connectivity index (χ4v) is 3.47. The zero-order valence-corrected chi connectivity index (χ0v) is 14.5. The molecule has 1 aliphatic rings. The number of carbonyl (C=O) groups excluding carboxylic acids is 2. The van der Waals surface area contributed by atoms with Crippen molar-refractivity contribution in [3.05, 3.63) is 36.4 Å². The number of nitrogens with one attached hydrogen (secondary N) is 1. The molecule has 0 aliphatic carbocycles. The molecule has 1 fully saturated rings. The lowest BCUT2D eigenvalue weighted by molar-refractivity contribution is -0.132. The van der Waals surface area contributed by atoms with Gasteiger partial charge in [0.15, 0.2) is 0 Å². The molecule has 3 amide bonds. The SMILES string of the molecule is CN(C)C(=O)[C@@H]1CCCN1C(=O)Nc1cc(-c2ccccc2)ns1. The standard InChI is InChI=1S/C17H20N4O2S/c1-20(2)16(22)14-9-6-10-21(14)17(23)18-15-11-13(19-24-15)12-7-4-3-5-8-12/h3-5,7-8,11,14H,6,9-10H2,1-2H3,(H,18,23)/t14-/m0/s1. The van der Waals surface area contributed by atoms with E-state index in [9.17, 15) is 9.59 Å². The summed E-state index contributed by atoms with van der Waals surface area (Å²) in [7, 11) is 3.43. The summed E-state index contributed by atoms with van der Waals surface area (Å²) < 4.78 is 4.38. The van der Waals surface area contributed by atoms with E-state index in [0.717, 1.165) is 17.7 Å². The van der Waals surface area contributed by atoms with Gasteiger partial charge in [-0.2, -0.15) is 4.37 Å². The smallest absolute Gasteiger partial charge is 0.323 e. The molecule has 1 aliphatic heterocycles. The predicted molar refractivity (Wildman–Crippen MR) is 95.0 cm³/mol. The molecule has 7 heteroatoms. The first-order valence-corrected chi connectivity index (χ1v) is 8.64. The van der Waals surface area contributed by atoms with Crippen LogP contribution in [0, 0.1) is 0 Å². The van der Waals surface area contributed by atoms with Crippen LogP contribution in [0.2, 0.25) is 0 Å². The van der Waals surface area contributed by atoms with Crippen LogP contribution in [0.4, 0.5) is 9.80 Å². The minimum absolute atomic E-state index is 0.0306. The van der Waals surface area contributed by atoms with Gasteiger partial charge >= 0.3 is 6.03 Å². The van der Waals surface area contributed by atoms with E-state index in [4.69, 9.17) is 0 Å². The highest BCUT2D eigenvalue weighted by atomic mass is 32.1. The summed E-state index contributed by atoms with van der Waals surface area (Å²) in [6, 6.07) is 11.1. The number of urea groups is 1. The first kappa shape index (κ1) is 16.4. The van der Waals surface area contributed by atoms with Crippen LogP contribution in [0.5, 0.6) is 0 Å². The summed E-state index contributed by atoms with van der Waals surface area (Å²) in [6.45, 7) is 0.598. The molecule has 1 atom stereocenters. The maximum Gasteiger partial charge on any atom is 0.323 e. The number of rotatable bonds is 3. The summed E-state index contributed by atoms with van der Waals surface area (Å²) in [6.07, 6.45) is 1.55. The van der Waals surface area contributed by atoms with Crippen LogP contribution in [0.15, 0.2) is 36.4 Å². The van der Waals surface area contributed by atoms with E-state index in [0.29, 0.717) is 18.0 Å². The van der Waals surface area contributed by atoms with Crippen LogP contribution in [-0.2, 0) is 4.79 Å². The lowest BCUT2D eigenvalue weighted by Crippen LogP contribution is -2.46. The minimum Gasteiger partial charge on any atom is -0.347 e. The van der Waals surface area contributed by atoms with Gasteiger partial charge in [0.2, 0.25) is 5.91 Å². The molecule has 0 spiro atoms. The Morgan fingerprint density at radius 1 is 1.29 bits per heavy atom. The number of aromatic nitrogens is 1. The van der Waals surface area contributed by atoms with Crippen LogP contribution >= 0.6 is 11.5 Å². The van der Waals surface area contributed by atoms with E-state index < -0.39 is 0 Å². The van der Waals surface area contributed by atoms with Crippen molar-refractivity contribution >= 4 is 28.5 Å². The maximum atomic E-state index is 12.5. The molecule has 1 saturated heterocycles. The molecule has 0 saturated carbocycles. The number of likely N-dealkylation sites (N-methyl/N-ethyl adjacent to an activating group) is 1. The molecule has 0 radical (unpaired) electrons. The van der Waals surface area contributed by atoms with Gasteiger partial charge in [-0.3, -0.25) is 10.1 Å². The third-order valence-electron chi connectivity index (χ3n) is 4.05. The van der Waals surface area contributed by atoms with Crippen molar-refractivity contribution in [2.24, 2.45) is 0 Å². The van der Waals surface area contributed by atoms with Crippen molar-refractivity contribution in [3.8, 4) is 11.3 Å². The van der Waals surface area contributed by atoms with E-state index in [1.54, 1.807) is 19.0 Å². The molecule has 3 rings (SSSR count). The first-order chi connectivity index (χ1) is 11.6. The lowest BCUT2D eigenvalue weighted by atomic mass is 10.2. The van der Waals surface area contributed by atoms with Gasteiger partial charge in [-0.1, -0.05) is 30.3 Å². The summed E-state index contributed by atoms with van der Waals surface area (Å²) in [5.74, 6) is -0.0306. The van der Waals surface area contributed by atoms with E-state index in [1.807, 2.05) is 36.4 Å². The Morgan fingerprint density at radius 3 is 2.75 bits per heavy atom. The number of benzene rings is 1. The second-order valence-corrected chi connectivity index (χ2v) is 6.76. The number of likely N-dealkylation sites (tertiary alicyclic amines) is 1. The first-order valence-electron chi connectivity index (χ1n) is 7.87. The van der Waals surface area contributed by atoms with E-state index in [1.165, 1.54) is 16.4 Å². The summed E-state index contributed by atoms with van der Waals surface area (Å²) in [5.41, 5.74) is 1.84. The van der Waals surface area contributed by atoms with Gasteiger partial charge in [-0.25, -0.2) is 4.79 Å². The predicted octanol–water partition coefficient (Wildman–Crippen LogP) is 2.89. The molecule has 1 aromatic heterocycles. The maximum absolute atomic E-state index is 12.5. The van der Waals surface area contributed by atoms with Gasteiger partial charge in [-0.05, 0) is 24.4 Å². The van der Waals surface area contributed by atoms with Gasteiger partial charge < -0.3 is 9.80 Å². The molecule has 1 N–H and O–H groups in total.